The average Bonchev–Trinajstić information content (AvgIpc) is 2.35. The lowest BCUT2D eigenvalue weighted by Crippen LogP contribution is -1.83. The molecule has 1 aromatic heterocycles. The number of halogens is 1. The minimum atomic E-state index is 1.09. The summed E-state index contributed by atoms with van der Waals surface area (Å²) < 4.78 is 3.23. The van der Waals surface area contributed by atoms with Crippen molar-refractivity contribution in [2.24, 2.45) is 7.05 Å². The summed E-state index contributed by atoms with van der Waals surface area (Å²) in [6.07, 6.45) is 1.84. The van der Waals surface area contributed by atoms with Crippen LogP contribution in [-0.4, -0.2) is 9.55 Å². The van der Waals surface area contributed by atoms with E-state index >= 15 is 0 Å². The van der Waals surface area contributed by atoms with E-state index in [2.05, 4.69) is 39.7 Å². The van der Waals surface area contributed by atoms with Gasteiger partial charge in [0.1, 0.15) is 5.52 Å². The molecule has 56 valence electrons. The summed E-state index contributed by atoms with van der Waals surface area (Å²) in [5, 5.41) is 0. The Morgan fingerprint density at radius 3 is 3.00 bits per heavy atom. The van der Waals surface area contributed by atoms with Crippen molar-refractivity contribution in [3.05, 3.63) is 28.1 Å². The van der Waals surface area contributed by atoms with E-state index in [1.165, 1.54) is 9.09 Å². The van der Waals surface area contributed by atoms with E-state index < -0.39 is 0 Å². The molecule has 0 saturated heterocycles. The predicted molar refractivity (Wildman–Crippen MR) is 53.4 cm³/mol. The number of hydrogen-bond donors (Lipinski definition) is 0. The lowest BCUT2D eigenvalue weighted by atomic mass is 10.3. The van der Waals surface area contributed by atoms with E-state index in [1.807, 2.05) is 24.0 Å². The van der Waals surface area contributed by atoms with Gasteiger partial charge in [-0.25, -0.2) is 4.98 Å². The highest BCUT2D eigenvalue weighted by Gasteiger charge is 2.00. The van der Waals surface area contributed by atoms with E-state index in [4.69, 9.17) is 0 Å². The standard InChI is InChI=1S/C8H7IN2/c1-11-5-10-8-6(9)3-2-4-7(8)11/h2-5H,1H3. The number of para-hydroxylation sites is 1. The molecule has 0 unspecified atom stereocenters. The Morgan fingerprint density at radius 2 is 2.27 bits per heavy atom. The molecule has 2 aromatic rings. The molecule has 0 aliphatic heterocycles. The molecule has 1 heterocycles. The first-order valence-corrected chi connectivity index (χ1v) is 4.42. The Labute approximate surface area is 78.4 Å². The van der Waals surface area contributed by atoms with Crippen molar-refractivity contribution in [3.63, 3.8) is 0 Å². The lowest BCUT2D eigenvalue weighted by Gasteiger charge is -1.93. The maximum absolute atomic E-state index is 4.27. The van der Waals surface area contributed by atoms with Gasteiger partial charge in [-0.1, -0.05) is 6.07 Å². The molecule has 2 nitrogen and oxygen atoms in total. The summed E-state index contributed by atoms with van der Waals surface area (Å²) in [7, 11) is 2.01. The zero-order valence-corrected chi connectivity index (χ0v) is 8.24. The Morgan fingerprint density at radius 1 is 1.45 bits per heavy atom. The minimum absolute atomic E-state index is 1.09. The molecule has 0 bridgehead atoms. The molecule has 11 heavy (non-hydrogen) atoms. The van der Waals surface area contributed by atoms with E-state index in [0.29, 0.717) is 0 Å². The molecule has 0 aliphatic rings. The van der Waals surface area contributed by atoms with Gasteiger partial charge in [0.15, 0.2) is 0 Å². The highest BCUT2D eigenvalue weighted by atomic mass is 127. The predicted octanol–water partition coefficient (Wildman–Crippen LogP) is 2.18. The Bertz CT molecular complexity index is 392. The summed E-state index contributed by atoms with van der Waals surface area (Å²) in [5.41, 5.74) is 2.28. The molecule has 0 atom stereocenters. The van der Waals surface area contributed by atoms with Crippen LogP contribution in [-0.2, 0) is 7.05 Å². The Hall–Kier alpha value is -0.580. The summed E-state index contributed by atoms with van der Waals surface area (Å²) in [6.45, 7) is 0. The van der Waals surface area contributed by atoms with Gasteiger partial charge in [0.2, 0.25) is 0 Å². The number of fused-ring (bicyclic) bond motifs is 1. The normalized spacial score (nSPS) is 10.7. The van der Waals surface area contributed by atoms with Crippen LogP contribution in [0.1, 0.15) is 0 Å². The van der Waals surface area contributed by atoms with Crippen LogP contribution in [0.4, 0.5) is 0 Å². The van der Waals surface area contributed by atoms with E-state index in [0.717, 1.165) is 5.52 Å². The second-order valence-electron chi connectivity index (χ2n) is 2.46. The fourth-order valence-corrected chi connectivity index (χ4v) is 1.75. The van der Waals surface area contributed by atoms with Crippen LogP contribution >= 0.6 is 22.6 Å². The smallest absolute Gasteiger partial charge is 0.102 e. The van der Waals surface area contributed by atoms with Crippen LogP contribution < -0.4 is 0 Å². The summed E-state index contributed by atoms with van der Waals surface area (Å²) in [6, 6.07) is 6.19. The Balaban J connectivity index is 2.94. The van der Waals surface area contributed by atoms with Crippen molar-refractivity contribution in [2.75, 3.05) is 0 Å². The topological polar surface area (TPSA) is 17.8 Å². The van der Waals surface area contributed by atoms with Crippen molar-refractivity contribution in [1.82, 2.24) is 9.55 Å². The number of aryl methyl sites for hydroxylation is 1. The van der Waals surface area contributed by atoms with Crippen LogP contribution in [0.2, 0.25) is 0 Å². The molecule has 0 radical (unpaired) electrons. The second kappa shape index (κ2) is 2.48. The van der Waals surface area contributed by atoms with Crippen LogP contribution in [0.5, 0.6) is 0 Å². The van der Waals surface area contributed by atoms with Gasteiger partial charge in [0.05, 0.1) is 11.8 Å². The third-order valence-corrected chi connectivity index (χ3v) is 2.58. The molecule has 0 fully saturated rings. The van der Waals surface area contributed by atoms with Gasteiger partial charge in [-0.15, -0.1) is 0 Å². The lowest BCUT2D eigenvalue weighted by molar-refractivity contribution is 0.948. The van der Waals surface area contributed by atoms with Gasteiger partial charge < -0.3 is 4.57 Å². The van der Waals surface area contributed by atoms with Crippen LogP contribution in [0.15, 0.2) is 24.5 Å². The second-order valence-corrected chi connectivity index (χ2v) is 3.63. The zero-order chi connectivity index (χ0) is 7.84. The van der Waals surface area contributed by atoms with Crippen molar-refractivity contribution in [3.8, 4) is 0 Å². The molecule has 0 amide bonds. The van der Waals surface area contributed by atoms with E-state index in [9.17, 15) is 0 Å². The quantitative estimate of drug-likeness (QED) is 0.662. The maximum Gasteiger partial charge on any atom is 0.102 e. The highest BCUT2D eigenvalue weighted by Crippen LogP contribution is 2.17. The SMILES string of the molecule is Cn1cnc2c(I)cccc21. The fraction of sp³-hybridized carbons (Fsp3) is 0.125. The van der Waals surface area contributed by atoms with Crippen molar-refractivity contribution in [2.45, 2.75) is 0 Å². The Kier molecular flexibility index (Phi) is 1.60. The molecule has 0 aliphatic carbocycles. The number of benzene rings is 1. The van der Waals surface area contributed by atoms with Crippen LogP contribution in [0, 0.1) is 3.57 Å². The van der Waals surface area contributed by atoms with Crippen molar-refractivity contribution in [1.29, 1.82) is 0 Å². The number of nitrogens with zero attached hydrogens (tertiary/aromatic N) is 2. The number of aromatic nitrogens is 2. The van der Waals surface area contributed by atoms with E-state index in [1.54, 1.807) is 0 Å². The molecule has 2 rings (SSSR count). The van der Waals surface area contributed by atoms with Crippen LogP contribution in [0.3, 0.4) is 0 Å². The zero-order valence-electron chi connectivity index (χ0n) is 6.08. The van der Waals surface area contributed by atoms with Gasteiger partial charge in [0.25, 0.3) is 0 Å². The van der Waals surface area contributed by atoms with Gasteiger partial charge >= 0.3 is 0 Å². The first-order valence-electron chi connectivity index (χ1n) is 3.34. The average molecular weight is 258 g/mol. The number of rotatable bonds is 0. The van der Waals surface area contributed by atoms with Crippen molar-refractivity contribution < 1.29 is 0 Å². The van der Waals surface area contributed by atoms with Crippen LogP contribution in [0.25, 0.3) is 11.0 Å². The van der Waals surface area contributed by atoms with Gasteiger partial charge in [0, 0.05) is 10.6 Å². The first kappa shape index (κ1) is 7.09. The fourth-order valence-electron chi connectivity index (χ4n) is 1.12. The van der Waals surface area contributed by atoms with Gasteiger partial charge in [-0.3, -0.25) is 0 Å². The molecule has 3 heteroatoms. The largest absolute Gasteiger partial charge is 0.334 e. The third kappa shape index (κ3) is 1.03. The first-order chi connectivity index (χ1) is 5.29. The summed E-state index contributed by atoms with van der Waals surface area (Å²) in [5.74, 6) is 0. The molecule has 0 N–H and O–H groups in total. The third-order valence-electron chi connectivity index (χ3n) is 1.71. The van der Waals surface area contributed by atoms with Crippen molar-refractivity contribution >= 4 is 33.6 Å². The minimum Gasteiger partial charge on any atom is -0.334 e. The van der Waals surface area contributed by atoms with E-state index in [-0.39, 0.29) is 0 Å². The number of hydrogen-bond acceptors (Lipinski definition) is 1. The molecular formula is C8H7IN2. The van der Waals surface area contributed by atoms with Gasteiger partial charge in [-0.05, 0) is 34.7 Å². The summed E-state index contributed by atoms with van der Waals surface area (Å²) >= 11 is 2.30. The number of imidazole rings is 1. The van der Waals surface area contributed by atoms with Gasteiger partial charge in [-0.2, -0.15) is 0 Å². The molecular weight excluding hydrogens is 251 g/mol. The molecule has 0 saturated carbocycles. The highest BCUT2D eigenvalue weighted by molar-refractivity contribution is 14.1. The molecule has 0 spiro atoms. The monoisotopic (exact) mass is 258 g/mol. The summed E-state index contributed by atoms with van der Waals surface area (Å²) in [4.78, 5) is 4.27. The maximum atomic E-state index is 4.27. The molecule has 1 aromatic carbocycles.